The minimum atomic E-state index is -0.806. The summed E-state index contributed by atoms with van der Waals surface area (Å²) in [4.78, 5) is 33.0. The average molecular weight is 199 g/mol. The Labute approximate surface area is 81.2 Å². The van der Waals surface area contributed by atoms with Crippen molar-refractivity contribution >= 4 is 17.8 Å². The van der Waals surface area contributed by atoms with Crippen LogP contribution in [0.25, 0.3) is 0 Å². The maximum Gasteiger partial charge on any atom is 0.322 e. The molecule has 6 heteroatoms. The Morgan fingerprint density at radius 1 is 1.57 bits per heavy atom. The molecule has 1 saturated heterocycles. The Morgan fingerprint density at radius 3 is 2.57 bits per heavy atom. The van der Waals surface area contributed by atoms with Crippen LogP contribution in [0, 0.1) is 5.92 Å². The largest absolute Gasteiger partial charge is 0.369 e. The van der Waals surface area contributed by atoms with Gasteiger partial charge in [0.15, 0.2) is 0 Å². The molecule has 1 fully saturated rings. The Morgan fingerprint density at radius 2 is 2.21 bits per heavy atom. The molecule has 4 N–H and O–H groups in total. The fraction of sp³-hybridized carbons (Fsp3) is 0.625. The van der Waals surface area contributed by atoms with Gasteiger partial charge in [0.25, 0.3) is 5.91 Å². The van der Waals surface area contributed by atoms with Gasteiger partial charge in [-0.15, -0.1) is 0 Å². The maximum atomic E-state index is 11.2. The molecular formula is C8H13N3O3. The highest BCUT2D eigenvalue weighted by Gasteiger charge is 2.38. The predicted molar refractivity (Wildman–Crippen MR) is 48.1 cm³/mol. The molecule has 0 spiro atoms. The van der Waals surface area contributed by atoms with E-state index in [4.69, 9.17) is 5.73 Å². The number of amides is 4. The number of hydrogen-bond acceptors (Lipinski definition) is 3. The second-order valence-electron chi connectivity index (χ2n) is 3.24. The number of imide groups is 1. The lowest BCUT2D eigenvalue weighted by Gasteiger charge is -2.16. The lowest BCUT2D eigenvalue weighted by molar-refractivity contribution is -0.128. The normalized spacial score (nSPS) is 22.8. The average Bonchev–Trinajstić information content (AvgIpc) is 2.40. The quantitative estimate of drug-likeness (QED) is 0.511. The third-order valence-electron chi connectivity index (χ3n) is 2.17. The minimum absolute atomic E-state index is 0.479. The Hall–Kier alpha value is -1.59. The van der Waals surface area contributed by atoms with E-state index in [1.54, 1.807) is 0 Å². The molecule has 2 atom stereocenters. The molecule has 1 aliphatic rings. The standard InChI is InChI=1S/C8H13N3O3/c1-2-3-4(6(9)12)5-7(13)11-8(14)10-5/h4-5H,2-3H2,1H3,(H2,9,12)(H2,10,11,13,14). The molecule has 0 aromatic rings. The third-order valence-corrected chi connectivity index (χ3v) is 2.17. The van der Waals surface area contributed by atoms with Gasteiger partial charge in [-0.2, -0.15) is 0 Å². The molecular weight excluding hydrogens is 186 g/mol. The van der Waals surface area contributed by atoms with E-state index in [2.05, 4.69) is 10.6 Å². The van der Waals surface area contributed by atoms with E-state index in [9.17, 15) is 14.4 Å². The predicted octanol–water partition coefficient (Wildman–Crippen LogP) is -0.904. The molecule has 1 heterocycles. The van der Waals surface area contributed by atoms with Crippen molar-refractivity contribution in [1.82, 2.24) is 10.6 Å². The minimum Gasteiger partial charge on any atom is -0.369 e. The van der Waals surface area contributed by atoms with Gasteiger partial charge in [0, 0.05) is 0 Å². The van der Waals surface area contributed by atoms with Crippen molar-refractivity contribution in [3.63, 3.8) is 0 Å². The van der Waals surface area contributed by atoms with E-state index in [0.717, 1.165) is 6.42 Å². The zero-order chi connectivity index (χ0) is 10.7. The molecule has 1 rings (SSSR count). The third kappa shape index (κ3) is 2.01. The Bertz CT molecular complexity index is 277. The van der Waals surface area contributed by atoms with Gasteiger partial charge in [-0.05, 0) is 6.42 Å². The maximum absolute atomic E-state index is 11.2. The number of nitrogens with two attached hydrogens (primary N) is 1. The molecule has 0 aromatic heterocycles. The van der Waals surface area contributed by atoms with Crippen molar-refractivity contribution in [3.8, 4) is 0 Å². The SMILES string of the molecule is CCCC(C(N)=O)C1NC(=O)NC1=O. The summed E-state index contributed by atoms with van der Waals surface area (Å²) >= 11 is 0. The first-order chi connectivity index (χ1) is 6.56. The van der Waals surface area contributed by atoms with Crippen molar-refractivity contribution in [1.29, 1.82) is 0 Å². The number of urea groups is 1. The molecule has 0 aliphatic carbocycles. The summed E-state index contributed by atoms with van der Waals surface area (Å²) in [5, 5.41) is 4.43. The number of hydrogen-bond donors (Lipinski definition) is 3. The first-order valence-electron chi connectivity index (χ1n) is 4.47. The second-order valence-corrected chi connectivity index (χ2v) is 3.24. The highest BCUT2D eigenvalue weighted by Crippen LogP contribution is 2.13. The van der Waals surface area contributed by atoms with Crippen LogP contribution in [0.3, 0.4) is 0 Å². The first kappa shape index (κ1) is 10.5. The lowest BCUT2D eigenvalue weighted by atomic mass is 9.94. The van der Waals surface area contributed by atoms with Crippen molar-refractivity contribution in [3.05, 3.63) is 0 Å². The van der Waals surface area contributed by atoms with E-state index >= 15 is 0 Å². The van der Waals surface area contributed by atoms with E-state index in [1.165, 1.54) is 0 Å². The van der Waals surface area contributed by atoms with Crippen LogP contribution < -0.4 is 16.4 Å². The summed E-state index contributed by atoms with van der Waals surface area (Å²) in [5.74, 6) is -1.66. The molecule has 0 saturated carbocycles. The smallest absolute Gasteiger partial charge is 0.322 e. The summed E-state index contributed by atoms with van der Waals surface area (Å²) in [7, 11) is 0. The van der Waals surface area contributed by atoms with Gasteiger partial charge in [-0.3, -0.25) is 14.9 Å². The topological polar surface area (TPSA) is 101 Å². The molecule has 2 unspecified atom stereocenters. The van der Waals surface area contributed by atoms with E-state index in [-0.39, 0.29) is 0 Å². The highest BCUT2D eigenvalue weighted by atomic mass is 16.2. The van der Waals surface area contributed by atoms with E-state index in [0.29, 0.717) is 6.42 Å². The Kier molecular flexibility index (Phi) is 3.06. The van der Waals surface area contributed by atoms with Crippen LogP contribution in [-0.2, 0) is 9.59 Å². The molecule has 4 amide bonds. The van der Waals surface area contributed by atoms with Gasteiger partial charge in [0.05, 0.1) is 5.92 Å². The molecule has 0 radical (unpaired) electrons. The monoisotopic (exact) mass is 199 g/mol. The Balaban J connectivity index is 2.73. The first-order valence-corrected chi connectivity index (χ1v) is 4.47. The fourth-order valence-corrected chi connectivity index (χ4v) is 1.50. The highest BCUT2D eigenvalue weighted by molar-refractivity contribution is 6.06. The zero-order valence-electron chi connectivity index (χ0n) is 7.87. The fourth-order valence-electron chi connectivity index (χ4n) is 1.50. The molecule has 0 bridgehead atoms. The lowest BCUT2D eigenvalue weighted by Crippen LogP contribution is -2.43. The van der Waals surface area contributed by atoms with Crippen LogP contribution in [0.15, 0.2) is 0 Å². The molecule has 6 nitrogen and oxygen atoms in total. The number of rotatable bonds is 4. The van der Waals surface area contributed by atoms with Crippen LogP contribution in [0.1, 0.15) is 19.8 Å². The summed E-state index contributed by atoms with van der Waals surface area (Å²) in [6.07, 6.45) is 1.22. The number of nitrogens with one attached hydrogen (secondary N) is 2. The van der Waals surface area contributed by atoms with Crippen molar-refractivity contribution < 1.29 is 14.4 Å². The molecule has 0 aromatic carbocycles. The van der Waals surface area contributed by atoms with Crippen LogP contribution >= 0.6 is 0 Å². The summed E-state index contributed by atoms with van der Waals surface area (Å²) in [5.41, 5.74) is 5.14. The zero-order valence-corrected chi connectivity index (χ0v) is 7.87. The number of primary amides is 1. The number of carbonyl (C=O) groups is 3. The second kappa shape index (κ2) is 4.08. The molecule has 78 valence electrons. The van der Waals surface area contributed by atoms with Crippen LogP contribution in [-0.4, -0.2) is 23.9 Å². The van der Waals surface area contributed by atoms with Gasteiger partial charge < -0.3 is 11.1 Å². The van der Waals surface area contributed by atoms with Crippen molar-refractivity contribution in [2.75, 3.05) is 0 Å². The summed E-state index contributed by atoms with van der Waals surface area (Å²) < 4.78 is 0. The van der Waals surface area contributed by atoms with Crippen molar-refractivity contribution in [2.45, 2.75) is 25.8 Å². The summed E-state index contributed by atoms with van der Waals surface area (Å²) in [6.45, 7) is 1.88. The van der Waals surface area contributed by atoms with Crippen LogP contribution in [0.5, 0.6) is 0 Å². The number of carbonyl (C=O) groups excluding carboxylic acids is 3. The molecule has 14 heavy (non-hydrogen) atoms. The van der Waals surface area contributed by atoms with Crippen LogP contribution in [0.2, 0.25) is 0 Å². The van der Waals surface area contributed by atoms with E-state index < -0.39 is 29.8 Å². The van der Waals surface area contributed by atoms with Crippen molar-refractivity contribution in [2.24, 2.45) is 11.7 Å². The summed E-state index contributed by atoms with van der Waals surface area (Å²) in [6, 6.07) is -1.37. The van der Waals surface area contributed by atoms with Gasteiger partial charge in [0.2, 0.25) is 5.91 Å². The van der Waals surface area contributed by atoms with Gasteiger partial charge >= 0.3 is 6.03 Å². The van der Waals surface area contributed by atoms with E-state index in [1.807, 2.05) is 6.92 Å². The van der Waals surface area contributed by atoms with Gasteiger partial charge in [-0.1, -0.05) is 13.3 Å². The van der Waals surface area contributed by atoms with Gasteiger partial charge in [-0.25, -0.2) is 4.79 Å². The van der Waals surface area contributed by atoms with Gasteiger partial charge in [0.1, 0.15) is 6.04 Å². The van der Waals surface area contributed by atoms with Crippen LogP contribution in [0.4, 0.5) is 4.79 Å². The molecule has 1 aliphatic heterocycles.